The molecule has 0 aliphatic heterocycles. The van der Waals surface area contributed by atoms with Crippen LogP contribution in [0.2, 0.25) is 5.02 Å². The fraction of sp³-hybridized carbons (Fsp3) is 0.143. The highest BCUT2D eigenvalue weighted by atomic mass is 35.5. The Kier molecular flexibility index (Phi) is 4.01. The zero-order valence-electron chi connectivity index (χ0n) is 10.9. The van der Waals surface area contributed by atoms with Gasteiger partial charge in [-0.3, -0.25) is 4.72 Å². The average Bonchev–Trinajstić information content (AvgIpc) is 2.36. The predicted octanol–water partition coefficient (Wildman–Crippen LogP) is 3.90. The summed E-state index contributed by atoms with van der Waals surface area (Å²) in [5, 5.41) is 0.0179. The van der Waals surface area contributed by atoms with Crippen molar-refractivity contribution in [1.29, 1.82) is 0 Å². The van der Waals surface area contributed by atoms with Crippen molar-refractivity contribution in [2.24, 2.45) is 0 Å². The fourth-order valence-corrected chi connectivity index (χ4v) is 3.15. The number of benzene rings is 2. The van der Waals surface area contributed by atoms with E-state index < -0.39 is 15.8 Å². The van der Waals surface area contributed by atoms with Gasteiger partial charge in [0.25, 0.3) is 10.0 Å². The van der Waals surface area contributed by atoms with Crippen molar-refractivity contribution >= 4 is 27.3 Å². The Labute approximate surface area is 122 Å². The third-order valence-electron chi connectivity index (χ3n) is 2.79. The van der Waals surface area contributed by atoms with Crippen LogP contribution in [0.3, 0.4) is 0 Å². The molecule has 0 saturated carbocycles. The summed E-state index contributed by atoms with van der Waals surface area (Å²) in [6.07, 6.45) is 0. The van der Waals surface area contributed by atoms with Gasteiger partial charge in [-0.1, -0.05) is 23.7 Å². The molecule has 2 aromatic carbocycles. The normalized spacial score (nSPS) is 11.4. The molecular weight excluding hydrogens is 301 g/mol. The Morgan fingerprint density at radius 3 is 2.50 bits per heavy atom. The molecule has 20 heavy (non-hydrogen) atoms. The summed E-state index contributed by atoms with van der Waals surface area (Å²) in [5.74, 6) is -0.478. The number of hydrogen-bond acceptors (Lipinski definition) is 2. The van der Waals surface area contributed by atoms with Gasteiger partial charge < -0.3 is 0 Å². The highest BCUT2D eigenvalue weighted by molar-refractivity contribution is 7.92. The largest absolute Gasteiger partial charge is 0.278 e. The number of sulfonamides is 1. The minimum absolute atomic E-state index is 0.0179. The van der Waals surface area contributed by atoms with Crippen LogP contribution in [0, 0.1) is 19.7 Å². The molecule has 0 spiro atoms. The third kappa shape index (κ3) is 3.11. The molecule has 0 aliphatic rings. The lowest BCUT2D eigenvalue weighted by atomic mass is 10.2. The average molecular weight is 314 g/mol. The van der Waals surface area contributed by atoms with Crippen LogP contribution in [0.1, 0.15) is 11.1 Å². The minimum atomic E-state index is -3.74. The second-order valence-corrected chi connectivity index (χ2v) is 6.59. The zero-order valence-corrected chi connectivity index (χ0v) is 12.5. The van der Waals surface area contributed by atoms with Gasteiger partial charge in [0.05, 0.1) is 15.6 Å². The van der Waals surface area contributed by atoms with Gasteiger partial charge in [-0.2, -0.15) is 0 Å². The Morgan fingerprint density at radius 1 is 1.15 bits per heavy atom. The van der Waals surface area contributed by atoms with E-state index in [2.05, 4.69) is 4.72 Å². The van der Waals surface area contributed by atoms with E-state index in [9.17, 15) is 12.8 Å². The van der Waals surface area contributed by atoms with E-state index >= 15 is 0 Å². The van der Waals surface area contributed by atoms with E-state index in [1.54, 1.807) is 25.1 Å². The van der Waals surface area contributed by atoms with E-state index in [4.69, 9.17) is 11.6 Å². The van der Waals surface area contributed by atoms with Crippen molar-refractivity contribution in [3.63, 3.8) is 0 Å². The number of rotatable bonds is 3. The summed E-state index contributed by atoms with van der Waals surface area (Å²) in [6, 6.07) is 8.94. The third-order valence-corrected chi connectivity index (χ3v) is 4.47. The van der Waals surface area contributed by atoms with Crippen LogP contribution in [-0.4, -0.2) is 8.42 Å². The van der Waals surface area contributed by atoms with Crippen LogP contribution in [0.15, 0.2) is 41.3 Å². The molecule has 0 atom stereocenters. The van der Waals surface area contributed by atoms with Gasteiger partial charge in [-0.15, -0.1) is 0 Å². The number of hydrogen-bond donors (Lipinski definition) is 1. The number of nitrogens with one attached hydrogen (secondary N) is 1. The van der Waals surface area contributed by atoms with Gasteiger partial charge in [0.2, 0.25) is 0 Å². The Morgan fingerprint density at radius 2 is 1.85 bits per heavy atom. The molecule has 2 aromatic rings. The molecule has 6 heteroatoms. The van der Waals surface area contributed by atoms with Crippen LogP contribution in [0.5, 0.6) is 0 Å². The highest BCUT2D eigenvalue weighted by Gasteiger charge is 2.16. The molecule has 106 valence electrons. The number of halogens is 2. The molecular formula is C14H13ClFNO2S. The smallest absolute Gasteiger partial charge is 0.261 e. The molecule has 0 saturated heterocycles. The van der Waals surface area contributed by atoms with E-state index in [0.717, 1.165) is 11.6 Å². The highest BCUT2D eigenvalue weighted by Crippen LogP contribution is 2.27. The first-order valence-corrected chi connectivity index (χ1v) is 7.71. The SMILES string of the molecule is Cc1cccc(S(=O)(=O)Nc2cc(C)c(F)cc2Cl)c1. The van der Waals surface area contributed by atoms with Crippen LogP contribution in [0.4, 0.5) is 10.1 Å². The Balaban J connectivity index is 2.41. The predicted molar refractivity (Wildman–Crippen MR) is 78.1 cm³/mol. The van der Waals surface area contributed by atoms with Crippen molar-refractivity contribution in [2.45, 2.75) is 18.7 Å². The summed E-state index contributed by atoms with van der Waals surface area (Å²) in [7, 11) is -3.74. The lowest BCUT2D eigenvalue weighted by Gasteiger charge is -2.11. The molecule has 2 rings (SSSR count). The maximum absolute atomic E-state index is 13.3. The maximum atomic E-state index is 13.3. The van der Waals surface area contributed by atoms with Crippen molar-refractivity contribution in [3.8, 4) is 0 Å². The molecule has 0 aromatic heterocycles. The molecule has 1 N–H and O–H groups in total. The monoisotopic (exact) mass is 313 g/mol. The van der Waals surface area contributed by atoms with Crippen molar-refractivity contribution < 1.29 is 12.8 Å². The van der Waals surface area contributed by atoms with E-state index in [-0.39, 0.29) is 15.6 Å². The van der Waals surface area contributed by atoms with Crippen molar-refractivity contribution in [3.05, 3.63) is 58.4 Å². The first kappa shape index (κ1) is 14.8. The second-order valence-electron chi connectivity index (χ2n) is 4.50. The summed E-state index contributed by atoms with van der Waals surface area (Å²) in [5.41, 5.74) is 1.30. The molecule has 0 radical (unpaired) electrons. The summed E-state index contributed by atoms with van der Waals surface area (Å²) in [6.45, 7) is 3.34. The molecule has 0 fully saturated rings. The van der Waals surface area contributed by atoms with Crippen LogP contribution in [0.25, 0.3) is 0 Å². The van der Waals surface area contributed by atoms with Gasteiger partial charge in [0.15, 0.2) is 0 Å². The molecule has 0 heterocycles. The summed E-state index contributed by atoms with van der Waals surface area (Å²) in [4.78, 5) is 0.135. The molecule has 0 amide bonds. The van der Waals surface area contributed by atoms with Gasteiger partial charge in [0, 0.05) is 0 Å². The number of anilines is 1. The van der Waals surface area contributed by atoms with Crippen molar-refractivity contribution in [1.82, 2.24) is 0 Å². The topological polar surface area (TPSA) is 46.2 Å². The standard InChI is InChI=1S/C14H13ClFNO2S/c1-9-4-3-5-11(6-9)20(18,19)17-14-7-10(2)13(16)8-12(14)15/h3-8,17H,1-2H3. The summed E-state index contributed by atoms with van der Waals surface area (Å²) < 4.78 is 40.2. The van der Waals surface area contributed by atoms with Crippen LogP contribution < -0.4 is 4.72 Å². The van der Waals surface area contributed by atoms with Crippen LogP contribution >= 0.6 is 11.6 Å². The van der Waals surface area contributed by atoms with Gasteiger partial charge >= 0.3 is 0 Å². The molecule has 0 aliphatic carbocycles. The minimum Gasteiger partial charge on any atom is -0.278 e. The molecule has 3 nitrogen and oxygen atoms in total. The van der Waals surface area contributed by atoms with Crippen molar-refractivity contribution in [2.75, 3.05) is 4.72 Å². The van der Waals surface area contributed by atoms with Gasteiger partial charge in [-0.25, -0.2) is 12.8 Å². The maximum Gasteiger partial charge on any atom is 0.261 e. The van der Waals surface area contributed by atoms with Gasteiger partial charge in [-0.05, 0) is 49.2 Å². The lowest BCUT2D eigenvalue weighted by Crippen LogP contribution is -2.13. The van der Waals surface area contributed by atoms with E-state index in [1.807, 2.05) is 0 Å². The first-order chi connectivity index (χ1) is 9.29. The zero-order chi connectivity index (χ0) is 14.9. The van der Waals surface area contributed by atoms with E-state index in [0.29, 0.717) is 5.56 Å². The van der Waals surface area contributed by atoms with Crippen LogP contribution in [-0.2, 0) is 10.0 Å². The Hall–Kier alpha value is -1.59. The fourth-order valence-electron chi connectivity index (χ4n) is 1.72. The molecule has 0 bridgehead atoms. The van der Waals surface area contributed by atoms with E-state index in [1.165, 1.54) is 19.1 Å². The second kappa shape index (κ2) is 5.42. The van der Waals surface area contributed by atoms with Gasteiger partial charge in [0.1, 0.15) is 5.82 Å². The molecule has 0 unspecified atom stereocenters. The Bertz CT molecular complexity index is 760. The quantitative estimate of drug-likeness (QED) is 0.934. The lowest BCUT2D eigenvalue weighted by molar-refractivity contribution is 0.600. The summed E-state index contributed by atoms with van der Waals surface area (Å²) >= 11 is 5.86. The number of aryl methyl sites for hydroxylation is 2. The first-order valence-electron chi connectivity index (χ1n) is 5.85.